The maximum Gasteiger partial charge on any atom is 0.0780 e. The maximum absolute atomic E-state index is 9.76. The monoisotopic (exact) mass is 301 g/mol. The highest BCUT2D eigenvalue weighted by Gasteiger charge is 2.04. The van der Waals surface area contributed by atoms with Gasteiger partial charge in [0.2, 0.25) is 0 Å². The van der Waals surface area contributed by atoms with Gasteiger partial charge in [0.05, 0.1) is 27.7 Å². The lowest BCUT2D eigenvalue weighted by Crippen LogP contribution is -2.35. The van der Waals surface area contributed by atoms with Gasteiger partial charge in [0, 0.05) is 5.97 Å². The van der Waals surface area contributed by atoms with Gasteiger partial charge < -0.3 is 14.4 Å². The van der Waals surface area contributed by atoms with E-state index in [9.17, 15) is 9.90 Å². The average molecular weight is 302 g/mol. The molecule has 0 rings (SSSR count). The van der Waals surface area contributed by atoms with Crippen LogP contribution in [0.5, 0.6) is 0 Å². The first-order valence-corrected chi connectivity index (χ1v) is 8.83. The summed E-state index contributed by atoms with van der Waals surface area (Å²) in [4.78, 5) is 9.76. The summed E-state index contributed by atoms with van der Waals surface area (Å²) in [7, 11) is 6.82. The third-order valence-electron chi connectivity index (χ3n) is 3.42. The highest BCUT2D eigenvalue weighted by molar-refractivity contribution is 5.63. The number of carboxylic acid groups (broad SMARTS) is 1. The molecule has 0 aromatic rings. The van der Waals surface area contributed by atoms with Crippen molar-refractivity contribution in [3.63, 3.8) is 0 Å². The molecule has 0 bridgehead atoms. The van der Waals surface area contributed by atoms with E-state index >= 15 is 0 Å². The molecule has 0 unspecified atom stereocenters. The van der Waals surface area contributed by atoms with Crippen LogP contribution in [0.25, 0.3) is 0 Å². The summed E-state index contributed by atoms with van der Waals surface area (Å²) in [5.41, 5.74) is 0. The largest absolute Gasteiger partial charge is 0.550 e. The molecule has 0 fully saturated rings. The van der Waals surface area contributed by atoms with E-state index in [0.717, 1.165) is 23.7 Å². The first-order valence-electron chi connectivity index (χ1n) is 8.83. The number of nitrogens with zero attached hydrogens (tertiary/aromatic N) is 1. The van der Waals surface area contributed by atoms with Crippen LogP contribution >= 0.6 is 0 Å². The van der Waals surface area contributed by atoms with Gasteiger partial charge in [0.15, 0.2) is 0 Å². The van der Waals surface area contributed by atoms with Crippen LogP contribution in [0.4, 0.5) is 0 Å². The fourth-order valence-corrected chi connectivity index (χ4v) is 2.06. The van der Waals surface area contributed by atoms with E-state index in [2.05, 4.69) is 28.1 Å². The summed E-state index contributed by atoms with van der Waals surface area (Å²) >= 11 is 0. The molecule has 0 saturated heterocycles. The van der Waals surface area contributed by atoms with Crippen LogP contribution in [0.15, 0.2) is 0 Å². The minimum atomic E-state index is -0.932. The normalized spacial score (nSPS) is 10.9. The second-order valence-corrected chi connectivity index (χ2v) is 6.96. The van der Waals surface area contributed by atoms with Gasteiger partial charge in [-0.25, -0.2) is 0 Å². The fourth-order valence-electron chi connectivity index (χ4n) is 2.06. The third-order valence-corrected chi connectivity index (χ3v) is 3.42. The smallest absolute Gasteiger partial charge is 0.0780 e. The molecule has 0 atom stereocenters. The van der Waals surface area contributed by atoms with Gasteiger partial charge in [-0.15, -0.1) is 0 Å². The minimum Gasteiger partial charge on any atom is -0.550 e. The second-order valence-electron chi connectivity index (χ2n) is 6.96. The number of carbonyl (C=O) groups excluding carboxylic acids is 1. The molecule has 0 aliphatic rings. The van der Waals surface area contributed by atoms with E-state index in [1.54, 1.807) is 0 Å². The summed E-state index contributed by atoms with van der Waals surface area (Å²) in [6, 6.07) is 0. The molecule has 0 saturated carbocycles. The van der Waals surface area contributed by atoms with Crippen molar-refractivity contribution >= 4 is 5.97 Å². The van der Waals surface area contributed by atoms with Gasteiger partial charge in [-0.2, -0.15) is 0 Å². The lowest BCUT2D eigenvalue weighted by Gasteiger charge is -2.23. The molecule has 0 aromatic heterocycles. The number of aliphatic carboxylic acids is 1. The number of unbranched alkanes of at least 4 members (excludes halogenated alkanes) is 8. The summed E-state index contributed by atoms with van der Waals surface area (Å²) in [6.07, 6.45) is 13.0. The van der Waals surface area contributed by atoms with Gasteiger partial charge in [0.1, 0.15) is 0 Å². The van der Waals surface area contributed by atoms with Crippen molar-refractivity contribution < 1.29 is 14.4 Å². The maximum atomic E-state index is 9.76. The van der Waals surface area contributed by atoms with Crippen molar-refractivity contribution in [2.75, 3.05) is 27.7 Å². The van der Waals surface area contributed by atoms with Crippen molar-refractivity contribution in [3.8, 4) is 0 Å². The molecule has 0 aromatic carbocycles. The van der Waals surface area contributed by atoms with E-state index < -0.39 is 5.97 Å². The fraction of sp³-hybridized carbons (Fsp3) is 0.944. The molecule has 0 radical (unpaired) electrons. The highest BCUT2D eigenvalue weighted by atomic mass is 16.4. The predicted molar refractivity (Wildman–Crippen MR) is 90.0 cm³/mol. The van der Waals surface area contributed by atoms with Crippen molar-refractivity contribution in [1.82, 2.24) is 0 Å². The molecule has 21 heavy (non-hydrogen) atoms. The molecule has 0 heterocycles. The minimum absolute atomic E-state index is 0.216. The zero-order valence-corrected chi connectivity index (χ0v) is 15.2. The SMILES string of the molecule is CCCCCC(=O)[O-].CCCCCCCCC[N+](C)(C)C. The van der Waals surface area contributed by atoms with Crippen molar-refractivity contribution in [3.05, 3.63) is 0 Å². The molecule has 0 N–H and O–H groups in total. The first kappa shape index (κ1) is 22.7. The van der Waals surface area contributed by atoms with E-state index in [4.69, 9.17) is 0 Å². The second kappa shape index (κ2) is 15.8. The Bertz CT molecular complexity index is 222. The molecule has 3 heteroatoms. The van der Waals surface area contributed by atoms with Crippen molar-refractivity contribution in [2.45, 2.75) is 84.5 Å². The Morgan fingerprint density at radius 1 is 0.762 bits per heavy atom. The van der Waals surface area contributed by atoms with Gasteiger partial charge in [-0.3, -0.25) is 0 Å². The zero-order chi connectivity index (χ0) is 16.6. The van der Waals surface area contributed by atoms with Gasteiger partial charge >= 0.3 is 0 Å². The number of carbonyl (C=O) groups is 1. The molecule has 0 aliphatic carbocycles. The van der Waals surface area contributed by atoms with Crippen molar-refractivity contribution in [2.24, 2.45) is 0 Å². The number of quaternary nitrogens is 1. The van der Waals surface area contributed by atoms with Crippen LogP contribution in [0.2, 0.25) is 0 Å². The third kappa shape index (κ3) is 28.3. The summed E-state index contributed by atoms with van der Waals surface area (Å²) < 4.78 is 1.12. The summed E-state index contributed by atoms with van der Waals surface area (Å²) in [5.74, 6) is -0.932. The van der Waals surface area contributed by atoms with Crippen LogP contribution in [-0.2, 0) is 4.79 Å². The Morgan fingerprint density at radius 2 is 1.19 bits per heavy atom. The van der Waals surface area contributed by atoms with E-state index in [0.29, 0.717) is 0 Å². The molecule has 0 aliphatic heterocycles. The Labute approximate surface area is 133 Å². The standard InChI is InChI=1S/C12H28N.C6H12O2/c1-5-6-7-8-9-10-11-12-13(2,3)4;1-2-3-4-5-6(7)8/h5-12H2,1-4H3;2-5H2,1H3,(H,7,8)/q+1;/p-1. The molecular formula is C18H39NO2. The number of carboxylic acids is 1. The van der Waals surface area contributed by atoms with Crippen LogP contribution in [0.1, 0.15) is 84.5 Å². The molecule has 3 nitrogen and oxygen atoms in total. The highest BCUT2D eigenvalue weighted by Crippen LogP contribution is 2.07. The van der Waals surface area contributed by atoms with Crippen LogP contribution < -0.4 is 5.11 Å². The number of hydrogen-bond acceptors (Lipinski definition) is 2. The Balaban J connectivity index is 0. The molecular weight excluding hydrogens is 262 g/mol. The van der Waals surface area contributed by atoms with E-state index in [1.165, 1.54) is 51.5 Å². The van der Waals surface area contributed by atoms with Gasteiger partial charge in [-0.1, -0.05) is 58.8 Å². The first-order chi connectivity index (χ1) is 9.83. The Hall–Kier alpha value is -0.570. The Morgan fingerprint density at radius 3 is 1.62 bits per heavy atom. The lowest BCUT2D eigenvalue weighted by molar-refractivity contribution is -0.870. The van der Waals surface area contributed by atoms with Gasteiger partial charge in [-0.05, 0) is 25.7 Å². The zero-order valence-electron chi connectivity index (χ0n) is 15.2. The number of rotatable bonds is 12. The van der Waals surface area contributed by atoms with Gasteiger partial charge in [0.25, 0.3) is 0 Å². The summed E-state index contributed by atoms with van der Waals surface area (Å²) in [6.45, 7) is 5.64. The average Bonchev–Trinajstić information content (AvgIpc) is 2.37. The quantitative estimate of drug-likeness (QED) is 0.407. The topological polar surface area (TPSA) is 40.1 Å². The summed E-state index contributed by atoms with van der Waals surface area (Å²) in [5, 5.41) is 9.76. The predicted octanol–water partition coefficient (Wildman–Crippen LogP) is 3.76. The van der Waals surface area contributed by atoms with Crippen LogP contribution in [0.3, 0.4) is 0 Å². The lowest BCUT2D eigenvalue weighted by atomic mass is 10.1. The number of hydrogen-bond donors (Lipinski definition) is 0. The molecule has 128 valence electrons. The van der Waals surface area contributed by atoms with E-state index in [-0.39, 0.29) is 6.42 Å². The Kier molecular flexibility index (Phi) is 17.1. The molecule has 0 amide bonds. The van der Waals surface area contributed by atoms with E-state index in [1.807, 2.05) is 6.92 Å². The molecule has 0 spiro atoms. The van der Waals surface area contributed by atoms with Crippen molar-refractivity contribution in [1.29, 1.82) is 0 Å². The van der Waals surface area contributed by atoms with Crippen LogP contribution in [0, 0.1) is 0 Å². The van der Waals surface area contributed by atoms with Crippen LogP contribution in [-0.4, -0.2) is 38.1 Å².